The van der Waals surface area contributed by atoms with Gasteiger partial charge in [-0.15, -0.1) is 11.3 Å². The van der Waals surface area contributed by atoms with Crippen molar-refractivity contribution in [1.29, 1.82) is 0 Å². The minimum Gasteiger partial charge on any atom is -0.463 e. The second kappa shape index (κ2) is 7.49. The molecule has 3 aromatic heterocycles. The zero-order chi connectivity index (χ0) is 19.5. The van der Waals surface area contributed by atoms with Gasteiger partial charge < -0.3 is 8.83 Å². The minimum atomic E-state index is -0.595. The van der Waals surface area contributed by atoms with Crippen LogP contribution in [0.25, 0.3) is 11.5 Å². The number of hydrogen-bond donors (Lipinski definition) is 0. The van der Waals surface area contributed by atoms with Crippen LogP contribution in [0.4, 0.5) is 11.6 Å². The standard InChI is InChI=1S/C19H14N4O4S/c1-13-4-2-5-14(10-13)21-19-22(16(12-28-19)17-6-3-9-26-17)20-11-15-7-8-18(27-15)23(24)25/h2-12H,1H3. The third-order valence-electron chi connectivity index (χ3n) is 3.78. The number of nitro groups is 1. The average molecular weight is 394 g/mol. The topological polar surface area (TPSA) is 99.1 Å². The minimum absolute atomic E-state index is 0.261. The van der Waals surface area contributed by atoms with E-state index in [1.807, 2.05) is 42.6 Å². The van der Waals surface area contributed by atoms with Crippen molar-refractivity contribution in [2.45, 2.75) is 6.92 Å². The molecule has 9 heteroatoms. The van der Waals surface area contributed by atoms with Gasteiger partial charge in [-0.2, -0.15) is 5.10 Å². The van der Waals surface area contributed by atoms with Crippen LogP contribution in [0, 0.1) is 17.0 Å². The monoisotopic (exact) mass is 394 g/mol. The Kier molecular flexibility index (Phi) is 4.73. The molecule has 0 aliphatic heterocycles. The van der Waals surface area contributed by atoms with E-state index in [0.717, 1.165) is 11.3 Å². The normalized spacial score (nSPS) is 12.1. The number of aromatic nitrogens is 1. The molecule has 8 nitrogen and oxygen atoms in total. The summed E-state index contributed by atoms with van der Waals surface area (Å²) in [5.74, 6) is 0.550. The molecule has 0 radical (unpaired) electrons. The molecule has 0 unspecified atom stereocenters. The van der Waals surface area contributed by atoms with E-state index in [2.05, 4.69) is 10.1 Å². The predicted octanol–water partition coefficient (Wildman–Crippen LogP) is 4.73. The van der Waals surface area contributed by atoms with E-state index in [1.54, 1.807) is 17.0 Å². The van der Waals surface area contributed by atoms with E-state index in [1.165, 1.54) is 29.7 Å². The van der Waals surface area contributed by atoms with Gasteiger partial charge in [-0.1, -0.05) is 12.1 Å². The molecule has 0 spiro atoms. The number of aryl methyl sites for hydroxylation is 1. The summed E-state index contributed by atoms with van der Waals surface area (Å²) in [6, 6.07) is 14.2. The molecular weight excluding hydrogens is 380 g/mol. The molecule has 4 aromatic rings. The lowest BCUT2D eigenvalue weighted by Crippen LogP contribution is -2.11. The van der Waals surface area contributed by atoms with Crippen LogP contribution in [0.5, 0.6) is 0 Å². The summed E-state index contributed by atoms with van der Waals surface area (Å²) in [7, 11) is 0. The van der Waals surface area contributed by atoms with Crippen molar-refractivity contribution in [3.05, 3.63) is 86.4 Å². The molecule has 1 aromatic carbocycles. The summed E-state index contributed by atoms with van der Waals surface area (Å²) >= 11 is 1.40. The molecule has 0 saturated heterocycles. The Morgan fingerprint density at radius 1 is 1.21 bits per heavy atom. The third-order valence-corrected chi connectivity index (χ3v) is 4.59. The van der Waals surface area contributed by atoms with E-state index in [4.69, 9.17) is 8.83 Å². The van der Waals surface area contributed by atoms with Crippen LogP contribution < -0.4 is 4.80 Å². The SMILES string of the molecule is Cc1cccc(N=c2scc(-c3ccco3)n2N=Cc2ccc([N+](=O)[O-])o2)c1. The van der Waals surface area contributed by atoms with Crippen molar-refractivity contribution in [1.82, 2.24) is 4.68 Å². The first-order valence-electron chi connectivity index (χ1n) is 8.24. The zero-order valence-corrected chi connectivity index (χ0v) is 15.5. The number of benzene rings is 1. The number of furan rings is 2. The number of thiazole rings is 1. The number of rotatable bonds is 5. The highest BCUT2D eigenvalue weighted by Crippen LogP contribution is 2.22. The first kappa shape index (κ1) is 17.7. The van der Waals surface area contributed by atoms with Crippen LogP contribution >= 0.6 is 11.3 Å². The van der Waals surface area contributed by atoms with Crippen LogP contribution in [0.1, 0.15) is 11.3 Å². The quantitative estimate of drug-likeness (QED) is 0.277. The highest BCUT2D eigenvalue weighted by molar-refractivity contribution is 7.07. The Bertz CT molecular complexity index is 1210. The lowest BCUT2D eigenvalue weighted by molar-refractivity contribution is -0.402. The molecule has 140 valence electrons. The Balaban J connectivity index is 1.79. The average Bonchev–Trinajstić information content (AvgIpc) is 3.41. The Hall–Kier alpha value is -3.72. The molecule has 4 rings (SSSR count). The molecule has 0 amide bonds. The molecule has 0 saturated carbocycles. The molecular formula is C19H14N4O4S. The summed E-state index contributed by atoms with van der Waals surface area (Å²) in [4.78, 5) is 15.5. The lowest BCUT2D eigenvalue weighted by atomic mass is 10.2. The zero-order valence-electron chi connectivity index (χ0n) is 14.7. The van der Waals surface area contributed by atoms with Gasteiger partial charge in [0.25, 0.3) is 0 Å². The van der Waals surface area contributed by atoms with Crippen LogP contribution in [-0.4, -0.2) is 15.8 Å². The van der Waals surface area contributed by atoms with Gasteiger partial charge in [-0.05, 0) is 42.8 Å². The molecule has 3 heterocycles. The second-order valence-corrected chi connectivity index (χ2v) is 6.66. The maximum Gasteiger partial charge on any atom is 0.433 e. The van der Waals surface area contributed by atoms with Gasteiger partial charge in [0.1, 0.15) is 10.6 Å². The molecule has 0 atom stereocenters. The van der Waals surface area contributed by atoms with Crippen LogP contribution in [0.3, 0.4) is 0 Å². The summed E-state index contributed by atoms with van der Waals surface area (Å²) < 4.78 is 12.2. The van der Waals surface area contributed by atoms with Crippen molar-refractivity contribution in [3.8, 4) is 11.5 Å². The van der Waals surface area contributed by atoms with Gasteiger partial charge >= 0.3 is 5.88 Å². The van der Waals surface area contributed by atoms with Gasteiger partial charge in [0.15, 0.2) is 11.5 Å². The number of hydrogen-bond acceptors (Lipinski definition) is 7. The maximum atomic E-state index is 10.8. The second-order valence-electron chi connectivity index (χ2n) is 5.82. The van der Waals surface area contributed by atoms with Crippen LogP contribution in [-0.2, 0) is 0 Å². The Labute approximate surface area is 162 Å². The third kappa shape index (κ3) is 3.69. The Morgan fingerprint density at radius 3 is 2.82 bits per heavy atom. The van der Waals surface area contributed by atoms with Crippen molar-refractivity contribution in [3.63, 3.8) is 0 Å². The molecule has 0 aliphatic rings. The Morgan fingerprint density at radius 2 is 2.11 bits per heavy atom. The predicted molar refractivity (Wildman–Crippen MR) is 105 cm³/mol. The summed E-state index contributed by atoms with van der Waals surface area (Å²) in [6.45, 7) is 2.00. The lowest BCUT2D eigenvalue weighted by Gasteiger charge is -2.00. The van der Waals surface area contributed by atoms with Crippen LogP contribution in [0.15, 0.2) is 79.1 Å². The van der Waals surface area contributed by atoms with Crippen molar-refractivity contribution in [2.75, 3.05) is 0 Å². The fourth-order valence-electron chi connectivity index (χ4n) is 2.52. The first-order chi connectivity index (χ1) is 13.6. The van der Waals surface area contributed by atoms with Crippen molar-refractivity contribution in [2.24, 2.45) is 10.1 Å². The highest BCUT2D eigenvalue weighted by atomic mass is 32.1. The van der Waals surface area contributed by atoms with E-state index in [0.29, 0.717) is 16.3 Å². The van der Waals surface area contributed by atoms with E-state index in [9.17, 15) is 10.1 Å². The molecule has 0 fully saturated rings. The van der Waals surface area contributed by atoms with E-state index in [-0.39, 0.29) is 11.6 Å². The van der Waals surface area contributed by atoms with Crippen molar-refractivity contribution >= 4 is 29.1 Å². The summed E-state index contributed by atoms with van der Waals surface area (Å²) in [5.41, 5.74) is 2.60. The number of nitrogens with zero attached hydrogens (tertiary/aromatic N) is 4. The molecule has 28 heavy (non-hydrogen) atoms. The fraction of sp³-hybridized carbons (Fsp3) is 0.0526. The van der Waals surface area contributed by atoms with Gasteiger partial charge in [-0.3, -0.25) is 10.1 Å². The van der Waals surface area contributed by atoms with Gasteiger partial charge in [0, 0.05) is 5.38 Å². The van der Waals surface area contributed by atoms with E-state index >= 15 is 0 Å². The van der Waals surface area contributed by atoms with Gasteiger partial charge in [0.05, 0.1) is 24.2 Å². The van der Waals surface area contributed by atoms with Gasteiger partial charge in [-0.25, -0.2) is 9.67 Å². The summed E-state index contributed by atoms with van der Waals surface area (Å²) in [5, 5.41) is 17.1. The highest BCUT2D eigenvalue weighted by Gasteiger charge is 2.12. The first-order valence-corrected chi connectivity index (χ1v) is 9.12. The maximum absolute atomic E-state index is 10.8. The summed E-state index contributed by atoms with van der Waals surface area (Å²) in [6.07, 6.45) is 2.98. The fourth-order valence-corrected chi connectivity index (χ4v) is 3.35. The smallest absolute Gasteiger partial charge is 0.433 e. The molecule has 0 aliphatic carbocycles. The molecule has 0 N–H and O–H groups in total. The van der Waals surface area contributed by atoms with Crippen molar-refractivity contribution < 1.29 is 13.8 Å². The van der Waals surface area contributed by atoms with Crippen LogP contribution in [0.2, 0.25) is 0 Å². The molecule has 0 bridgehead atoms. The van der Waals surface area contributed by atoms with Gasteiger partial charge in [0.2, 0.25) is 4.80 Å². The van der Waals surface area contributed by atoms with E-state index < -0.39 is 4.92 Å². The largest absolute Gasteiger partial charge is 0.463 e.